The van der Waals surface area contributed by atoms with Crippen LogP contribution >= 0.6 is 0 Å². The molecule has 0 aromatic heterocycles. The fraction of sp³-hybridized carbons (Fsp3) is 1.00. The highest BCUT2D eigenvalue weighted by Crippen LogP contribution is 2.42. The Labute approximate surface area is 79.4 Å². The maximum atomic E-state index is 5.62. The zero-order valence-corrected chi connectivity index (χ0v) is 10.7. The van der Waals surface area contributed by atoms with Gasteiger partial charge in [0.2, 0.25) is 0 Å². The van der Waals surface area contributed by atoms with Crippen molar-refractivity contribution in [2.45, 2.75) is 58.5 Å². The quantitative estimate of drug-likeness (QED) is 0.613. The van der Waals surface area contributed by atoms with E-state index in [-0.39, 0.29) is 0 Å². The molecular formula is C10H22OSi. The van der Waals surface area contributed by atoms with E-state index >= 15 is 0 Å². The van der Waals surface area contributed by atoms with Crippen LogP contribution in [0, 0.1) is 5.41 Å². The summed E-state index contributed by atoms with van der Waals surface area (Å²) in [5.41, 5.74) is 0.542. The number of rotatable bonds is 3. The molecular weight excluding hydrogens is 164 g/mol. The van der Waals surface area contributed by atoms with Crippen LogP contribution in [0.15, 0.2) is 0 Å². The van der Waals surface area contributed by atoms with E-state index in [4.69, 9.17) is 4.43 Å². The Balaban J connectivity index is 2.59. The van der Waals surface area contributed by atoms with Gasteiger partial charge in [0, 0.05) is 6.10 Å². The second kappa shape index (κ2) is 4.42. The molecule has 0 saturated heterocycles. The lowest BCUT2D eigenvalue weighted by molar-refractivity contribution is 0.0286. The van der Waals surface area contributed by atoms with Crippen molar-refractivity contribution in [2.75, 3.05) is 0 Å². The van der Waals surface area contributed by atoms with Crippen molar-refractivity contribution < 1.29 is 4.43 Å². The van der Waals surface area contributed by atoms with Crippen molar-refractivity contribution in [1.82, 2.24) is 0 Å². The van der Waals surface area contributed by atoms with E-state index in [9.17, 15) is 0 Å². The fourth-order valence-corrected chi connectivity index (χ4v) is 3.05. The summed E-state index contributed by atoms with van der Waals surface area (Å²) in [5.74, 6) is 0. The molecule has 0 aliphatic heterocycles. The first-order valence-electron chi connectivity index (χ1n) is 5.28. The van der Waals surface area contributed by atoms with Crippen LogP contribution in [0.1, 0.15) is 52.4 Å². The Morgan fingerprint density at radius 1 is 1.33 bits per heavy atom. The average molecular weight is 186 g/mol. The van der Waals surface area contributed by atoms with Gasteiger partial charge in [-0.05, 0) is 31.6 Å². The maximum absolute atomic E-state index is 5.62. The summed E-state index contributed by atoms with van der Waals surface area (Å²) in [5, 5.41) is 0. The molecule has 0 N–H and O–H groups in total. The summed E-state index contributed by atoms with van der Waals surface area (Å²) in [6.45, 7) is 4.59. The van der Waals surface area contributed by atoms with Crippen LogP contribution in [-0.4, -0.2) is 16.6 Å². The first kappa shape index (κ1) is 10.3. The van der Waals surface area contributed by atoms with Crippen LogP contribution in [0.2, 0.25) is 0 Å². The van der Waals surface area contributed by atoms with Gasteiger partial charge in [0.15, 0.2) is 0 Å². The van der Waals surface area contributed by atoms with E-state index in [2.05, 4.69) is 13.8 Å². The van der Waals surface area contributed by atoms with Crippen molar-refractivity contribution in [1.29, 1.82) is 0 Å². The molecule has 1 aliphatic carbocycles. The summed E-state index contributed by atoms with van der Waals surface area (Å²) in [7, 11) is 0.894. The number of hydrogen-bond acceptors (Lipinski definition) is 1. The molecule has 0 aromatic rings. The summed E-state index contributed by atoms with van der Waals surface area (Å²) < 4.78 is 5.62. The van der Waals surface area contributed by atoms with Crippen molar-refractivity contribution in [3.63, 3.8) is 0 Å². The van der Waals surface area contributed by atoms with Crippen LogP contribution in [-0.2, 0) is 4.43 Å². The first-order valence-corrected chi connectivity index (χ1v) is 6.09. The van der Waals surface area contributed by atoms with E-state index in [1.165, 1.54) is 38.5 Å². The summed E-state index contributed by atoms with van der Waals surface area (Å²) in [6, 6.07) is 0. The molecule has 72 valence electrons. The largest absolute Gasteiger partial charge is 0.425 e. The van der Waals surface area contributed by atoms with Crippen LogP contribution in [0.4, 0.5) is 0 Å². The third kappa shape index (κ3) is 1.91. The Hall–Kier alpha value is 0.177. The molecule has 0 bridgehead atoms. The molecule has 1 fully saturated rings. The molecule has 2 heteroatoms. The molecule has 1 aliphatic rings. The van der Waals surface area contributed by atoms with Crippen molar-refractivity contribution in [3.8, 4) is 0 Å². The monoisotopic (exact) mass is 186 g/mol. The van der Waals surface area contributed by atoms with Crippen molar-refractivity contribution in [2.24, 2.45) is 5.41 Å². The van der Waals surface area contributed by atoms with E-state index in [1.54, 1.807) is 0 Å². The fourth-order valence-electron chi connectivity index (χ4n) is 2.55. The van der Waals surface area contributed by atoms with E-state index in [0.29, 0.717) is 11.5 Å². The van der Waals surface area contributed by atoms with E-state index in [1.807, 2.05) is 0 Å². The van der Waals surface area contributed by atoms with Gasteiger partial charge in [0.05, 0.1) is 0 Å². The zero-order chi connectivity index (χ0) is 9.03. The molecule has 1 atom stereocenters. The van der Waals surface area contributed by atoms with Gasteiger partial charge in [0.1, 0.15) is 10.5 Å². The molecule has 1 saturated carbocycles. The first-order chi connectivity index (χ1) is 5.75. The van der Waals surface area contributed by atoms with E-state index in [0.717, 1.165) is 10.5 Å². The van der Waals surface area contributed by atoms with Crippen LogP contribution in [0.25, 0.3) is 0 Å². The molecule has 1 unspecified atom stereocenters. The van der Waals surface area contributed by atoms with Gasteiger partial charge >= 0.3 is 0 Å². The summed E-state index contributed by atoms with van der Waals surface area (Å²) >= 11 is 0. The molecule has 1 rings (SSSR count). The highest BCUT2D eigenvalue weighted by Gasteiger charge is 2.35. The maximum Gasteiger partial charge on any atom is 0.146 e. The third-order valence-electron chi connectivity index (χ3n) is 3.77. The normalized spacial score (nSPS) is 25.5. The van der Waals surface area contributed by atoms with Gasteiger partial charge in [-0.2, -0.15) is 0 Å². The van der Waals surface area contributed by atoms with Crippen molar-refractivity contribution in [3.05, 3.63) is 0 Å². The second-order valence-electron chi connectivity index (χ2n) is 4.15. The number of hydrogen-bond donors (Lipinski definition) is 0. The topological polar surface area (TPSA) is 9.23 Å². The minimum atomic E-state index is 0.509. The lowest BCUT2D eigenvalue weighted by Crippen LogP contribution is -2.36. The van der Waals surface area contributed by atoms with E-state index < -0.39 is 0 Å². The zero-order valence-electron chi connectivity index (χ0n) is 8.73. The minimum absolute atomic E-state index is 0.509. The molecule has 0 spiro atoms. The van der Waals surface area contributed by atoms with Gasteiger partial charge < -0.3 is 4.43 Å². The van der Waals surface area contributed by atoms with Gasteiger partial charge in [-0.15, -0.1) is 0 Å². The SMILES string of the molecule is CCC1(C(C)O[SiH3])CCCCC1. The Bertz CT molecular complexity index is 130. The second-order valence-corrected chi connectivity index (χ2v) is 4.63. The average Bonchev–Trinajstić information content (AvgIpc) is 2.17. The molecule has 0 aromatic carbocycles. The highest BCUT2D eigenvalue weighted by atomic mass is 28.2. The van der Waals surface area contributed by atoms with Crippen LogP contribution < -0.4 is 0 Å². The van der Waals surface area contributed by atoms with Gasteiger partial charge in [0.25, 0.3) is 0 Å². The molecule has 12 heavy (non-hydrogen) atoms. The van der Waals surface area contributed by atoms with Gasteiger partial charge in [-0.1, -0.05) is 26.2 Å². The Morgan fingerprint density at radius 3 is 2.33 bits per heavy atom. The smallest absolute Gasteiger partial charge is 0.146 e. The standard InChI is InChI=1S/C10H22OSi/c1-3-10(9(2)11-12)7-5-4-6-8-10/h9H,3-8H2,1-2,12H3. The molecule has 0 radical (unpaired) electrons. The highest BCUT2D eigenvalue weighted by molar-refractivity contribution is 5.98. The summed E-state index contributed by atoms with van der Waals surface area (Å²) in [4.78, 5) is 0. The van der Waals surface area contributed by atoms with Crippen molar-refractivity contribution >= 4 is 10.5 Å². The predicted molar refractivity (Wildman–Crippen MR) is 56.3 cm³/mol. The Morgan fingerprint density at radius 2 is 1.92 bits per heavy atom. The molecule has 1 nitrogen and oxygen atoms in total. The lowest BCUT2D eigenvalue weighted by Gasteiger charge is -2.41. The lowest BCUT2D eigenvalue weighted by atomic mass is 9.69. The molecule has 0 heterocycles. The van der Waals surface area contributed by atoms with Crippen LogP contribution in [0.5, 0.6) is 0 Å². The van der Waals surface area contributed by atoms with Gasteiger partial charge in [-0.25, -0.2) is 0 Å². The summed E-state index contributed by atoms with van der Waals surface area (Å²) in [6.07, 6.45) is 8.88. The van der Waals surface area contributed by atoms with Gasteiger partial charge in [-0.3, -0.25) is 0 Å². The minimum Gasteiger partial charge on any atom is -0.425 e. The molecule has 0 amide bonds. The van der Waals surface area contributed by atoms with Crippen LogP contribution in [0.3, 0.4) is 0 Å². The Kier molecular flexibility index (Phi) is 3.78. The predicted octanol–water partition coefficient (Wildman–Crippen LogP) is 2.03. The third-order valence-corrected chi connectivity index (χ3v) is 4.48.